The second kappa shape index (κ2) is 8.14. The van der Waals surface area contributed by atoms with E-state index in [0.717, 1.165) is 22.0 Å². The van der Waals surface area contributed by atoms with Crippen molar-refractivity contribution in [1.29, 1.82) is 0 Å². The fraction of sp³-hybridized carbons (Fsp3) is 0.292. The Hall–Kier alpha value is -3.41. The molecule has 0 saturated carbocycles. The van der Waals surface area contributed by atoms with Crippen LogP contribution in [0.1, 0.15) is 42.9 Å². The quantitative estimate of drug-likeness (QED) is 0.511. The second-order valence-electron chi connectivity index (χ2n) is 8.06. The molecule has 0 aliphatic carbocycles. The van der Waals surface area contributed by atoms with Gasteiger partial charge in [-0.15, -0.1) is 0 Å². The number of nitrogens with one attached hydrogen (secondary N) is 2. The van der Waals surface area contributed by atoms with Crippen molar-refractivity contribution in [2.24, 2.45) is 0 Å². The Morgan fingerprint density at radius 1 is 1.17 bits per heavy atom. The number of hydrogen-bond acceptors (Lipinski definition) is 3. The molecule has 4 aromatic rings. The summed E-state index contributed by atoms with van der Waals surface area (Å²) in [6.45, 7) is 7.08. The van der Waals surface area contributed by atoms with Gasteiger partial charge in [-0.2, -0.15) is 0 Å². The van der Waals surface area contributed by atoms with Gasteiger partial charge in [-0.25, -0.2) is 4.98 Å². The SMILES string of the molecule is Cc1ccc2[nH]c3c(=O)n(CCC(=O)NCc4ccc(C(C)C)cc4)cnc3c2c1. The van der Waals surface area contributed by atoms with Gasteiger partial charge in [0.05, 0.1) is 6.33 Å². The second-order valence-corrected chi connectivity index (χ2v) is 8.06. The van der Waals surface area contributed by atoms with Crippen LogP contribution in [0.25, 0.3) is 21.9 Å². The Kier molecular flexibility index (Phi) is 5.40. The summed E-state index contributed by atoms with van der Waals surface area (Å²) < 4.78 is 1.49. The van der Waals surface area contributed by atoms with Gasteiger partial charge in [0.1, 0.15) is 11.0 Å². The Labute approximate surface area is 175 Å². The molecule has 0 aliphatic heterocycles. The summed E-state index contributed by atoms with van der Waals surface area (Å²) in [5.41, 5.74) is 5.32. The number of carbonyl (C=O) groups excluding carboxylic acids is 1. The van der Waals surface area contributed by atoms with Crippen molar-refractivity contribution in [3.63, 3.8) is 0 Å². The maximum absolute atomic E-state index is 12.8. The molecule has 154 valence electrons. The summed E-state index contributed by atoms with van der Waals surface area (Å²) in [6.07, 6.45) is 1.74. The van der Waals surface area contributed by atoms with Gasteiger partial charge in [-0.3, -0.25) is 14.2 Å². The molecule has 0 bridgehead atoms. The molecule has 0 fully saturated rings. The van der Waals surface area contributed by atoms with Gasteiger partial charge in [-0.05, 0) is 36.1 Å². The minimum absolute atomic E-state index is 0.0952. The van der Waals surface area contributed by atoms with E-state index in [-0.39, 0.29) is 24.4 Å². The van der Waals surface area contributed by atoms with Gasteiger partial charge in [-0.1, -0.05) is 49.7 Å². The van der Waals surface area contributed by atoms with E-state index in [1.807, 2.05) is 37.3 Å². The third-order valence-corrected chi connectivity index (χ3v) is 5.44. The molecule has 0 aliphatic rings. The molecular weight excluding hydrogens is 376 g/mol. The zero-order chi connectivity index (χ0) is 21.3. The first-order chi connectivity index (χ1) is 14.4. The molecule has 2 heterocycles. The van der Waals surface area contributed by atoms with Crippen LogP contribution in [0.15, 0.2) is 53.6 Å². The molecule has 2 aromatic heterocycles. The number of fused-ring (bicyclic) bond motifs is 3. The highest BCUT2D eigenvalue weighted by Gasteiger charge is 2.12. The largest absolute Gasteiger partial charge is 0.352 e. The minimum Gasteiger partial charge on any atom is -0.352 e. The molecule has 2 N–H and O–H groups in total. The summed E-state index contributed by atoms with van der Waals surface area (Å²) in [7, 11) is 0. The van der Waals surface area contributed by atoms with E-state index < -0.39 is 0 Å². The highest BCUT2D eigenvalue weighted by atomic mass is 16.1. The smallest absolute Gasteiger partial charge is 0.277 e. The Balaban J connectivity index is 1.41. The molecule has 0 unspecified atom stereocenters. The lowest BCUT2D eigenvalue weighted by Gasteiger charge is -2.09. The first-order valence-corrected chi connectivity index (χ1v) is 10.3. The van der Waals surface area contributed by atoms with E-state index in [1.165, 1.54) is 16.5 Å². The number of rotatable bonds is 6. The molecule has 6 heteroatoms. The van der Waals surface area contributed by atoms with Crippen molar-refractivity contribution < 1.29 is 4.79 Å². The van der Waals surface area contributed by atoms with E-state index >= 15 is 0 Å². The van der Waals surface area contributed by atoms with E-state index in [4.69, 9.17) is 0 Å². The molecule has 0 atom stereocenters. The number of aromatic nitrogens is 3. The molecule has 6 nitrogen and oxygen atoms in total. The Morgan fingerprint density at radius 2 is 1.93 bits per heavy atom. The van der Waals surface area contributed by atoms with Crippen LogP contribution in [-0.2, 0) is 17.9 Å². The third-order valence-electron chi connectivity index (χ3n) is 5.44. The van der Waals surface area contributed by atoms with Crippen molar-refractivity contribution in [1.82, 2.24) is 19.9 Å². The van der Waals surface area contributed by atoms with Crippen LogP contribution < -0.4 is 10.9 Å². The summed E-state index contributed by atoms with van der Waals surface area (Å²) in [5.74, 6) is 0.390. The third kappa shape index (κ3) is 3.99. The van der Waals surface area contributed by atoms with Gasteiger partial charge in [0.15, 0.2) is 0 Å². The first-order valence-electron chi connectivity index (χ1n) is 10.3. The molecule has 30 heavy (non-hydrogen) atoms. The number of amides is 1. The van der Waals surface area contributed by atoms with E-state index in [2.05, 4.69) is 41.3 Å². The van der Waals surface area contributed by atoms with Crippen molar-refractivity contribution in [3.8, 4) is 0 Å². The van der Waals surface area contributed by atoms with Gasteiger partial charge in [0, 0.05) is 30.4 Å². The fourth-order valence-electron chi connectivity index (χ4n) is 3.59. The van der Waals surface area contributed by atoms with Crippen molar-refractivity contribution >= 4 is 27.8 Å². The lowest BCUT2D eigenvalue weighted by Crippen LogP contribution is -2.27. The molecule has 0 saturated heterocycles. The van der Waals surface area contributed by atoms with Gasteiger partial charge >= 0.3 is 0 Å². The molecule has 1 amide bonds. The Morgan fingerprint density at radius 3 is 2.67 bits per heavy atom. The summed E-state index contributed by atoms with van der Waals surface area (Å²) in [6, 6.07) is 14.2. The Bertz CT molecular complexity index is 1270. The van der Waals surface area contributed by atoms with Crippen molar-refractivity contribution in [2.45, 2.75) is 46.2 Å². The van der Waals surface area contributed by atoms with Crippen LogP contribution in [0.3, 0.4) is 0 Å². The lowest BCUT2D eigenvalue weighted by molar-refractivity contribution is -0.121. The number of benzene rings is 2. The number of carbonyl (C=O) groups is 1. The van der Waals surface area contributed by atoms with E-state index in [1.54, 1.807) is 0 Å². The van der Waals surface area contributed by atoms with Crippen LogP contribution in [-0.4, -0.2) is 20.4 Å². The highest BCUT2D eigenvalue weighted by molar-refractivity contribution is 6.04. The van der Waals surface area contributed by atoms with Gasteiger partial charge < -0.3 is 10.3 Å². The maximum atomic E-state index is 12.8. The first kappa shape index (κ1) is 19.9. The number of nitrogens with zero attached hydrogens (tertiary/aromatic N) is 2. The van der Waals surface area contributed by atoms with Crippen LogP contribution in [0.2, 0.25) is 0 Å². The van der Waals surface area contributed by atoms with Crippen LogP contribution in [0.5, 0.6) is 0 Å². The zero-order valence-corrected chi connectivity index (χ0v) is 17.5. The molecular formula is C24H26N4O2. The van der Waals surface area contributed by atoms with Crippen molar-refractivity contribution in [2.75, 3.05) is 0 Å². The van der Waals surface area contributed by atoms with Crippen LogP contribution in [0, 0.1) is 6.92 Å². The predicted octanol–water partition coefficient (Wildman–Crippen LogP) is 4.02. The van der Waals surface area contributed by atoms with E-state index in [0.29, 0.717) is 23.5 Å². The van der Waals surface area contributed by atoms with Crippen molar-refractivity contribution in [3.05, 3.63) is 75.8 Å². The average Bonchev–Trinajstić information content (AvgIpc) is 3.10. The topological polar surface area (TPSA) is 79.8 Å². The van der Waals surface area contributed by atoms with Gasteiger partial charge in [0.2, 0.25) is 5.91 Å². The fourth-order valence-corrected chi connectivity index (χ4v) is 3.59. The highest BCUT2D eigenvalue weighted by Crippen LogP contribution is 2.22. The van der Waals surface area contributed by atoms with Crippen LogP contribution >= 0.6 is 0 Å². The number of hydrogen-bond donors (Lipinski definition) is 2. The number of aromatic amines is 1. The molecule has 0 radical (unpaired) electrons. The maximum Gasteiger partial charge on any atom is 0.277 e. The molecule has 0 spiro atoms. The monoisotopic (exact) mass is 402 g/mol. The van der Waals surface area contributed by atoms with Gasteiger partial charge in [0.25, 0.3) is 5.56 Å². The number of H-pyrrole nitrogens is 1. The summed E-state index contributed by atoms with van der Waals surface area (Å²) >= 11 is 0. The van der Waals surface area contributed by atoms with Crippen LogP contribution in [0.4, 0.5) is 0 Å². The zero-order valence-electron chi connectivity index (χ0n) is 17.5. The molecule has 4 rings (SSSR count). The number of aryl methyl sites for hydroxylation is 2. The predicted molar refractivity (Wildman–Crippen MR) is 120 cm³/mol. The standard InChI is InChI=1S/C24H26N4O2/c1-15(2)18-7-5-17(6-8-18)13-25-21(29)10-11-28-14-26-22-19-12-16(3)4-9-20(19)27-23(22)24(28)30/h4-9,12,14-15,27H,10-11,13H2,1-3H3,(H,25,29). The minimum atomic E-state index is -0.161. The average molecular weight is 402 g/mol. The summed E-state index contributed by atoms with van der Waals surface area (Å²) in [4.78, 5) is 32.7. The molecule has 2 aromatic carbocycles. The lowest BCUT2D eigenvalue weighted by atomic mass is 10.0. The normalized spacial score (nSPS) is 11.5. The van der Waals surface area contributed by atoms with E-state index in [9.17, 15) is 9.59 Å². The summed E-state index contributed by atoms with van der Waals surface area (Å²) in [5, 5.41) is 3.86.